The molecule has 0 spiro atoms. The van der Waals surface area contributed by atoms with Gasteiger partial charge < -0.3 is 4.90 Å². The molecule has 1 aromatic carbocycles. The van der Waals surface area contributed by atoms with Crippen LogP contribution in [0.4, 0.5) is 5.82 Å². The molecule has 1 aliphatic rings. The highest BCUT2D eigenvalue weighted by molar-refractivity contribution is 6.30. The predicted molar refractivity (Wildman–Crippen MR) is 82.6 cm³/mol. The second-order valence-electron chi connectivity index (χ2n) is 5.16. The molecule has 0 unspecified atom stereocenters. The minimum atomic E-state index is 0.497. The summed E-state index contributed by atoms with van der Waals surface area (Å²) in [7, 11) is 2.00. The summed E-state index contributed by atoms with van der Waals surface area (Å²) in [6, 6.07) is 9.64. The SMILES string of the molecule is CN(Cc1ccc(Cl)cc1)c1cc(Cl)nc(C2CC2)n1. The van der Waals surface area contributed by atoms with Crippen LogP contribution in [0.25, 0.3) is 0 Å². The van der Waals surface area contributed by atoms with E-state index in [4.69, 9.17) is 23.2 Å². The monoisotopic (exact) mass is 307 g/mol. The summed E-state index contributed by atoms with van der Waals surface area (Å²) in [5, 5.41) is 1.26. The third-order valence-corrected chi connectivity index (χ3v) is 3.81. The van der Waals surface area contributed by atoms with Crippen LogP contribution in [-0.2, 0) is 6.54 Å². The van der Waals surface area contributed by atoms with Gasteiger partial charge in [0.1, 0.15) is 16.8 Å². The van der Waals surface area contributed by atoms with Crippen molar-refractivity contribution in [2.45, 2.75) is 25.3 Å². The maximum absolute atomic E-state index is 6.09. The lowest BCUT2D eigenvalue weighted by Gasteiger charge is -2.19. The summed E-state index contributed by atoms with van der Waals surface area (Å²) < 4.78 is 0. The van der Waals surface area contributed by atoms with Gasteiger partial charge in [-0.1, -0.05) is 35.3 Å². The molecule has 0 saturated heterocycles. The number of halogens is 2. The first-order valence-corrected chi connectivity index (χ1v) is 7.37. The van der Waals surface area contributed by atoms with Crippen LogP contribution in [0.5, 0.6) is 0 Å². The second-order valence-corrected chi connectivity index (χ2v) is 5.99. The Morgan fingerprint density at radius 2 is 1.85 bits per heavy atom. The van der Waals surface area contributed by atoms with Gasteiger partial charge in [-0.2, -0.15) is 0 Å². The molecule has 5 heteroatoms. The van der Waals surface area contributed by atoms with E-state index in [-0.39, 0.29) is 0 Å². The Bertz CT molecular complexity index is 609. The molecule has 1 heterocycles. The minimum Gasteiger partial charge on any atom is -0.355 e. The molecule has 1 aliphatic carbocycles. The topological polar surface area (TPSA) is 29.0 Å². The molecule has 0 N–H and O–H groups in total. The quantitative estimate of drug-likeness (QED) is 0.789. The average Bonchev–Trinajstić information content (AvgIpc) is 3.25. The van der Waals surface area contributed by atoms with Gasteiger partial charge in [0, 0.05) is 30.6 Å². The summed E-state index contributed by atoms with van der Waals surface area (Å²) in [5.41, 5.74) is 1.18. The van der Waals surface area contributed by atoms with Gasteiger partial charge in [-0.3, -0.25) is 0 Å². The van der Waals surface area contributed by atoms with Crippen LogP contribution in [-0.4, -0.2) is 17.0 Å². The van der Waals surface area contributed by atoms with Gasteiger partial charge >= 0.3 is 0 Å². The summed E-state index contributed by atoms with van der Waals surface area (Å²) >= 11 is 12.0. The molecule has 0 bridgehead atoms. The fraction of sp³-hybridized carbons (Fsp3) is 0.333. The number of hydrogen-bond donors (Lipinski definition) is 0. The number of benzene rings is 1. The Morgan fingerprint density at radius 3 is 2.50 bits per heavy atom. The van der Waals surface area contributed by atoms with E-state index >= 15 is 0 Å². The highest BCUT2D eigenvalue weighted by Crippen LogP contribution is 2.39. The van der Waals surface area contributed by atoms with Gasteiger partial charge in [0.2, 0.25) is 0 Å². The molecular formula is C15H15Cl2N3. The minimum absolute atomic E-state index is 0.497. The van der Waals surface area contributed by atoms with Crippen molar-refractivity contribution < 1.29 is 0 Å². The van der Waals surface area contributed by atoms with E-state index in [1.807, 2.05) is 37.4 Å². The van der Waals surface area contributed by atoms with E-state index in [0.717, 1.165) is 23.2 Å². The van der Waals surface area contributed by atoms with Crippen LogP contribution in [0.1, 0.15) is 30.1 Å². The highest BCUT2D eigenvalue weighted by Gasteiger charge is 2.27. The number of rotatable bonds is 4. The Labute approximate surface area is 128 Å². The van der Waals surface area contributed by atoms with Crippen molar-refractivity contribution in [3.63, 3.8) is 0 Å². The first kappa shape index (κ1) is 13.7. The smallest absolute Gasteiger partial charge is 0.135 e. The van der Waals surface area contributed by atoms with Gasteiger partial charge in [0.05, 0.1) is 0 Å². The number of aromatic nitrogens is 2. The van der Waals surface area contributed by atoms with E-state index in [0.29, 0.717) is 11.1 Å². The predicted octanol–water partition coefficient (Wildman–Crippen LogP) is 4.30. The Hall–Kier alpha value is -1.32. The Morgan fingerprint density at radius 1 is 1.15 bits per heavy atom. The maximum atomic E-state index is 6.09. The van der Waals surface area contributed by atoms with Crippen molar-refractivity contribution in [3.8, 4) is 0 Å². The number of nitrogens with zero attached hydrogens (tertiary/aromatic N) is 3. The van der Waals surface area contributed by atoms with Crippen LogP contribution in [0.2, 0.25) is 10.2 Å². The van der Waals surface area contributed by atoms with E-state index in [9.17, 15) is 0 Å². The van der Waals surface area contributed by atoms with Gasteiger partial charge in [0.25, 0.3) is 0 Å². The fourth-order valence-electron chi connectivity index (χ4n) is 2.09. The zero-order valence-electron chi connectivity index (χ0n) is 11.2. The van der Waals surface area contributed by atoms with Crippen molar-refractivity contribution >= 4 is 29.0 Å². The van der Waals surface area contributed by atoms with Crippen LogP contribution in [0.3, 0.4) is 0 Å². The second kappa shape index (κ2) is 5.58. The molecule has 0 radical (unpaired) electrons. The summed E-state index contributed by atoms with van der Waals surface area (Å²) in [4.78, 5) is 11.0. The highest BCUT2D eigenvalue weighted by atomic mass is 35.5. The lowest BCUT2D eigenvalue weighted by atomic mass is 10.2. The van der Waals surface area contributed by atoms with Gasteiger partial charge in [-0.25, -0.2) is 9.97 Å². The average molecular weight is 308 g/mol. The number of anilines is 1. The lowest BCUT2D eigenvalue weighted by molar-refractivity contribution is 0.854. The molecule has 0 atom stereocenters. The third-order valence-electron chi connectivity index (χ3n) is 3.37. The largest absolute Gasteiger partial charge is 0.355 e. The molecule has 3 nitrogen and oxygen atoms in total. The summed E-state index contributed by atoms with van der Waals surface area (Å²) in [5.74, 6) is 2.23. The molecule has 104 valence electrons. The molecule has 20 heavy (non-hydrogen) atoms. The molecule has 1 saturated carbocycles. The third kappa shape index (κ3) is 3.22. The molecular weight excluding hydrogens is 293 g/mol. The summed E-state index contributed by atoms with van der Waals surface area (Å²) in [6.07, 6.45) is 2.33. The van der Waals surface area contributed by atoms with E-state index in [2.05, 4.69) is 14.9 Å². The van der Waals surface area contributed by atoms with Crippen molar-refractivity contribution in [2.24, 2.45) is 0 Å². The lowest BCUT2D eigenvalue weighted by Crippen LogP contribution is -2.18. The maximum Gasteiger partial charge on any atom is 0.135 e. The summed E-state index contributed by atoms with van der Waals surface area (Å²) in [6.45, 7) is 0.759. The van der Waals surface area contributed by atoms with Crippen molar-refractivity contribution in [2.75, 3.05) is 11.9 Å². The normalized spacial score (nSPS) is 14.3. The van der Waals surface area contributed by atoms with Crippen LogP contribution < -0.4 is 4.90 Å². The fourth-order valence-corrected chi connectivity index (χ4v) is 2.40. The molecule has 0 aliphatic heterocycles. The van der Waals surface area contributed by atoms with Crippen LogP contribution >= 0.6 is 23.2 Å². The zero-order chi connectivity index (χ0) is 14.1. The van der Waals surface area contributed by atoms with Crippen LogP contribution in [0, 0.1) is 0 Å². The van der Waals surface area contributed by atoms with E-state index in [1.165, 1.54) is 18.4 Å². The first-order chi connectivity index (χ1) is 9.61. The molecule has 0 amide bonds. The van der Waals surface area contributed by atoms with Crippen molar-refractivity contribution in [3.05, 3.63) is 51.9 Å². The van der Waals surface area contributed by atoms with Gasteiger partial charge in [-0.15, -0.1) is 0 Å². The zero-order valence-corrected chi connectivity index (χ0v) is 12.7. The van der Waals surface area contributed by atoms with Crippen molar-refractivity contribution in [1.82, 2.24) is 9.97 Å². The van der Waals surface area contributed by atoms with E-state index < -0.39 is 0 Å². The number of hydrogen-bond acceptors (Lipinski definition) is 3. The Kier molecular flexibility index (Phi) is 3.81. The first-order valence-electron chi connectivity index (χ1n) is 6.62. The van der Waals surface area contributed by atoms with Gasteiger partial charge in [0.15, 0.2) is 0 Å². The Balaban J connectivity index is 1.79. The van der Waals surface area contributed by atoms with E-state index in [1.54, 1.807) is 0 Å². The van der Waals surface area contributed by atoms with Crippen molar-refractivity contribution in [1.29, 1.82) is 0 Å². The van der Waals surface area contributed by atoms with Crippen LogP contribution in [0.15, 0.2) is 30.3 Å². The molecule has 2 aromatic rings. The molecule has 1 fully saturated rings. The standard InChI is InChI=1S/C15H15Cl2N3/c1-20(9-10-2-6-12(16)7-3-10)14-8-13(17)18-15(19-14)11-4-5-11/h2-3,6-8,11H,4-5,9H2,1H3. The molecule has 1 aromatic heterocycles. The van der Waals surface area contributed by atoms with Gasteiger partial charge in [-0.05, 0) is 30.5 Å². The molecule has 3 rings (SSSR count).